The molecule has 2 nitrogen and oxygen atoms in total. The normalized spacial score (nSPS) is 10.3. The fraction of sp³-hybridized carbons (Fsp3) is 0.200. The number of halogens is 1. The molecule has 2 aromatic rings. The van der Waals surface area contributed by atoms with E-state index in [1.807, 2.05) is 24.3 Å². The molecule has 2 aromatic carbocycles. The van der Waals surface area contributed by atoms with Gasteiger partial charge in [0, 0.05) is 0 Å². The molecular formula is C15H16FNO. The van der Waals surface area contributed by atoms with Crippen molar-refractivity contribution >= 4 is 0 Å². The molecule has 0 saturated carbocycles. The Hall–Kier alpha value is -1.87. The molecule has 0 bridgehead atoms. The summed E-state index contributed by atoms with van der Waals surface area (Å²) < 4.78 is 18.4. The summed E-state index contributed by atoms with van der Waals surface area (Å²) in [6.07, 6.45) is 0.834. The smallest absolute Gasteiger partial charge is 0.123 e. The summed E-state index contributed by atoms with van der Waals surface area (Å²) in [5, 5.41) is 0. The van der Waals surface area contributed by atoms with Crippen molar-refractivity contribution in [2.24, 2.45) is 5.73 Å². The summed E-state index contributed by atoms with van der Waals surface area (Å²) in [5.41, 5.74) is 7.40. The van der Waals surface area contributed by atoms with Crippen LogP contribution in [0.25, 0.3) is 11.1 Å². The predicted octanol–water partition coefficient (Wildman–Crippen LogP) is 3.22. The van der Waals surface area contributed by atoms with Crippen LogP contribution in [-0.4, -0.2) is 13.2 Å². The van der Waals surface area contributed by atoms with Crippen LogP contribution in [0, 0.1) is 5.82 Å². The van der Waals surface area contributed by atoms with Gasteiger partial charge in [-0.2, -0.15) is 0 Å². The van der Waals surface area contributed by atoms with Crippen LogP contribution >= 0.6 is 0 Å². The molecule has 94 valence electrons. The Morgan fingerprint density at radius 3 is 2.50 bits per heavy atom. The van der Waals surface area contributed by atoms with Gasteiger partial charge in [0.25, 0.3) is 0 Å². The van der Waals surface area contributed by atoms with Gasteiger partial charge in [-0.1, -0.05) is 24.3 Å². The van der Waals surface area contributed by atoms with Crippen LogP contribution in [-0.2, 0) is 0 Å². The average molecular weight is 245 g/mol. The highest BCUT2D eigenvalue weighted by atomic mass is 19.1. The number of ether oxygens (including phenoxy) is 1. The maximum Gasteiger partial charge on any atom is 0.123 e. The Labute approximate surface area is 106 Å². The number of hydrogen-bond acceptors (Lipinski definition) is 2. The monoisotopic (exact) mass is 245 g/mol. The van der Waals surface area contributed by atoms with Crippen LogP contribution in [0.2, 0.25) is 0 Å². The summed E-state index contributed by atoms with van der Waals surface area (Å²) in [4.78, 5) is 0. The summed E-state index contributed by atoms with van der Waals surface area (Å²) in [5.74, 6) is 0.583. The molecule has 0 saturated heterocycles. The molecule has 0 unspecified atom stereocenters. The fourth-order valence-corrected chi connectivity index (χ4v) is 1.68. The van der Waals surface area contributed by atoms with E-state index in [-0.39, 0.29) is 5.82 Å². The Morgan fingerprint density at radius 2 is 1.78 bits per heavy atom. The first-order chi connectivity index (χ1) is 8.79. The van der Waals surface area contributed by atoms with Crippen LogP contribution < -0.4 is 10.5 Å². The van der Waals surface area contributed by atoms with Crippen molar-refractivity contribution in [3.05, 3.63) is 54.3 Å². The summed E-state index contributed by atoms with van der Waals surface area (Å²) in [6.45, 7) is 1.24. The van der Waals surface area contributed by atoms with E-state index in [0.29, 0.717) is 13.2 Å². The van der Waals surface area contributed by atoms with E-state index < -0.39 is 0 Å². The molecule has 0 aromatic heterocycles. The first-order valence-corrected chi connectivity index (χ1v) is 5.98. The number of hydrogen-bond donors (Lipinski definition) is 1. The number of benzene rings is 2. The van der Waals surface area contributed by atoms with Gasteiger partial charge in [-0.15, -0.1) is 0 Å². The van der Waals surface area contributed by atoms with Crippen molar-refractivity contribution in [1.82, 2.24) is 0 Å². The van der Waals surface area contributed by atoms with Crippen molar-refractivity contribution in [3.63, 3.8) is 0 Å². The summed E-state index contributed by atoms with van der Waals surface area (Å²) in [6, 6.07) is 14.2. The van der Waals surface area contributed by atoms with Crippen LogP contribution in [0.1, 0.15) is 6.42 Å². The van der Waals surface area contributed by atoms with E-state index >= 15 is 0 Å². The highest BCUT2D eigenvalue weighted by Crippen LogP contribution is 2.24. The van der Waals surface area contributed by atoms with Crippen LogP contribution in [0.15, 0.2) is 48.5 Å². The minimum Gasteiger partial charge on any atom is -0.494 e. The molecule has 0 amide bonds. The van der Waals surface area contributed by atoms with E-state index in [9.17, 15) is 4.39 Å². The van der Waals surface area contributed by atoms with Crippen LogP contribution in [0.5, 0.6) is 5.75 Å². The van der Waals surface area contributed by atoms with E-state index in [4.69, 9.17) is 10.5 Å². The zero-order valence-corrected chi connectivity index (χ0v) is 10.1. The van der Waals surface area contributed by atoms with E-state index in [2.05, 4.69) is 0 Å². The first kappa shape index (κ1) is 12.6. The van der Waals surface area contributed by atoms with Crippen LogP contribution in [0.4, 0.5) is 4.39 Å². The van der Waals surface area contributed by atoms with Crippen molar-refractivity contribution < 1.29 is 9.13 Å². The lowest BCUT2D eigenvalue weighted by molar-refractivity contribution is 0.313. The Bertz CT molecular complexity index is 496. The third-order valence-corrected chi connectivity index (χ3v) is 2.63. The molecular weight excluding hydrogens is 229 g/mol. The van der Waals surface area contributed by atoms with Crippen molar-refractivity contribution in [1.29, 1.82) is 0 Å². The third kappa shape index (κ3) is 3.31. The summed E-state index contributed by atoms with van der Waals surface area (Å²) >= 11 is 0. The molecule has 18 heavy (non-hydrogen) atoms. The Kier molecular flexibility index (Phi) is 4.31. The van der Waals surface area contributed by atoms with Crippen molar-refractivity contribution in [3.8, 4) is 16.9 Å². The summed E-state index contributed by atoms with van der Waals surface area (Å²) in [7, 11) is 0. The van der Waals surface area contributed by atoms with E-state index in [0.717, 1.165) is 23.3 Å². The molecule has 0 aliphatic heterocycles. The topological polar surface area (TPSA) is 35.2 Å². The van der Waals surface area contributed by atoms with Gasteiger partial charge >= 0.3 is 0 Å². The second kappa shape index (κ2) is 6.17. The van der Waals surface area contributed by atoms with Crippen molar-refractivity contribution in [2.45, 2.75) is 6.42 Å². The second-order valence-corrected chi connectivity index (χ2v) is 4.03. The van der Waals surface area contributed by atoms with Gasteiger partial charge in [-0.25, -0.2) is 4.39 Å². The van der Waals surface area contributed by atoms with Gasteiger partial charge in [-0.05, 0) is 48.4 Å². The lowest BCUT2D eigenvalue weighted by Crippen LogP contribution is -2.05. The lowest BCUT2D eigenvalue weighted by atomic mass is 10.1. The Morgan fingerprint density at radius 1 is 1.00 bits per heavy atom. The largest absolute Gasteiger partial charge is 0.494 e. The second-order valence-electron chi connectivity index (χ2n) is 4.03. The third-order valence-electron chi connectivity index (χ3n) is 2.63. The molecule has 3 heteroatoms. The minimum absolute atomic E-state index is 0.228. The highest BCUT2D eigenvalue weighted by Gasteiger charge is 2.00. The molecule has 0 atom stereocenters. The van der Waals surface area contributed by atoms with Gasteiger partial charge in [0.1, 0.15) is 11.6 Å². The van der Waals surface area contributed by atoms with Gasteiger partial charge in [0.2, 0.25) is 0 Å². The highest BCUT2D eigenvalue weighted by molar-refractivity contribution is 5.64. The molecule has 0 heterocycles. The van der Waals surface area contributed by atoms with Gasteiger partial charge < -0.3 is 10.5 Å². The maximum absolute atomic E-state index is 12.9. The predicted molar refractivity (Wildman–Crippen MR) is 71.0 cm³/mol. The average Bonchev–Trinajstić information content (AvgIpc) is 2.40. The quantitative estimate of drug-likeness (QED) is 0.821. The van der Waals surface area contributed by atoms with Gasteiger partial charge in [0.05, 0.1) is 6.61 Å². The Balaban J connectivity index is 2.13. The fourth-order valence-electron chi connectivity index (χ4n) is 1.68. The van der Waals surface area contributed by atoms with Crippen LogP contribution in [0.3, 0.4) is 0 Å². The first-order valence-electron chi connectivity index (χ1n) is 5.98. The molecule has 2 N–H and O–H groups in total. The van der Waals surface area contributed by atoms with Gasteiger partial charge in [-0.3, -0.25) is 0 Å². The molecule has 2 rings (SSSR count). The standard InChI is InChI=1S/C15H16FNO/c16-14-7-5-12(6-8-14)13-3-1-4-15(11-13)18-10-2-9-17/h1,3-8,11H,2,9-10,17H2. The van der Waals surface area contributed by atoms with Gasteiger partial charge in [0.15, 0.2) is 0 Å². The number of rotatable bonds is 5. The molecule has 0 aliphatic carbocycles. The van der Waals surface area contributed by atoms with E-state index in [1.54, 1.807) is 12.1 Å². The zero-order chi connectivity index (χ0) is 12.8. The zero-order valence-electron chi connectivity index (χ0n) is 10.1. The maximum atomic E-state index is 12.9. The minimum atomic E-state index is -0.228. The SMILES string of the molecule is NCCCOc1cccc(-c2ccc(F)cc2)c1. The molecule has 0 radical (unpaired) electrons. The number of nitrogens with two attached hydrogens (primary N) is 1. The lowest BCUT2D eigenvalue weighted by Gasteiger charge is -2.07. The van der Waals surface area contributed by atoms with Crippen molar-refractivity contribution in [2.75, 3.05) is 13.2 Å². The molecule has 0 spiro atoms. The molecule has 0 fully saturated rings. The molecule has 0 aliphatic rings. The van der Waals surface area contributed by atoms with E-state index in [1.165, 1.54) is 12.1 Å².